The number of likely N-dealkylation sites (tertiary alicyclic amines) is 1. The standard InChI is InChI=1S/C23H27ClN2O2/c1-23(2,22(28)26-13-7-4-8-14-26)16-25-20-12-11-18(24)15-19(20)21(27)17-9-5-3-6-10-17/h3,5-6,9-12,15,25H,4,7-8,13-14,16H2,1-2H3. The second-order valence-electron chi connectivity index (χ2n) is 7.98. The molecule has 2 aromatic rings. The quantitative estimate of drug-likeness (QED) is 0.695. The number of carbonyl (C=O) groups excluding carboxylic acids is 2. The maximum atomic E-state index is 13.0. The number of carbonyl (C=O) groups is 2. The van der Waals surface area contributed by atoms with Gasteiger partial charge in [-0.15, -0.1) is 0 Å². The van der Waals surface area contributed by atoms with Crippen molar-refractivity contribution < 1.29 is 9.59 Å². The predicted octanol–water partition coefficient (Wildman–Crippen LogP) is 5.02. The zero-order chi connectivity index (χ0) is 20.1. The summed E-state index contributed by atoms with van der Waals surface area (Å²) in [6, 6.07) is 14.4. The van der Waals surface area contributed by atoms with Gasteiger partial charge in [-0.1, -0.05) is 41.9 Å². The summed E-state index contributed by atoms with van der Waals surface area (Å²) in [6.07, 6.45) is 3.34. The lowest BCUT2D eigenvalue weighted by molar-refractivity contribution is -0.140. The van der Waals surface area contributed by atoms with Crippen LogP contribution in [-0.2, 0) is 4.79 Å². The minimum Gasteiger partial charge on any atom is -0.383 e. The Hall–Kier alpha value is -2.33. The second kappa shape index (κ2) is 8.78. The molecule has 1 amide bonds. The smallest absolute Gasteiger partial charge is 0.230 e. The predicted molar refractivity (Wildman–Crippen MR) is 114 cm³/mol. The van der Waals surface area contributed by atoms with E-state index in [4.69, 9.17) is 11.6 Å². The number of halogens is 1. The Morgan fingerprint density at radius 1 is 1.04 bits per heavy atom. The molecule has 3 rings (SSSR count). The average molecular weight is 399 g/mol. The molecular weight excluding hydrogens is 372 g/mol. The van der Waals surface area contributed by atoms with Crippen LogP contribution < -0.4 is 5.32 Å². The lowest BCUT2D eigenvalue weighted by Gasteiger charge is -2.34. The second-order valence-corrected chi connectivity index (χ2v) is 8.41. The fraction of sp³-hybridized carbons (Fsp3) is 0.391. The summed E-state index contributed by atoms with van der Waals surface area (Å²) in [4.78, 5) is 27.8. The van der Waals surface area contributed by atoms with Gasteiger partial charge in [0.2, 0.25) is 5.91 Å². The molecule has 2 aromatic carbocycles. The van der Waals surface area contributed by atoms with Crippen LogP contribution >= 0.6 is 11.6 Å². The van der Waals surface area contributed by atoms with Crippen LogP contribution in [0.1, 0.15) is 49.0 Å². The number of nitrogens with one attached hydrogen (secondary N) is 1. The molecule has 1 N–H and O–H groups in total. The monoisotopic (exact) mass is 398 g/mol. The number of amides is 1. The van der Waals surface area contributed by atoms with E-state index in [1.54, 1.807) is 30.3 Å². The minimum atomic E-state index is -0.565. The van der Waals surface area contributed by atoms with E-state index in [0.29, 0.717) is 28.4 Å². The first-order valence-corrected chi connectivity index (χ1v) is 10.2. The lowest BCUT2D eigenvalue weighted by Crippen LogP contribution is -2.46. The maximum absolute atomic E-state index is 13.0. The van der Waals surface area contributed by atoms with Crippen molar-refractivity contribution in [1.82, 2.24) is 4.90 Å². The normalized spacial score (nSPS) is 14.6. The molecule has 0 atom stereocenters. The summed E-state index contributed by atoms with van der Waals surface area (Å²) in [7, 11) is 0. The van der Waals surface area contributed by atoms with Crippen LogP contribution in [0.2, 0.25) is 5.02 Å². The SMILES string of the molecule is CC(C)(CNc1ccc(Cl)cc1C(=O)c1ccccc1)C(=O)N1CCCCC1. The van der Waals surface area contributed by atoms with E-state index in [1.165, 1.54) is 6.42 Å². The highest BCUT2D eigenvalue weighted by atomic mass is 35.5. The summed E-state index contributed by atoms with van der Waals surface area (Å²) in [5, 5.41) is 3.83. The zero-order valence-corrected chi connectivity index (χ0v) is 17.3. The Bertz CT molecular complexity index is 843. The van der Waals surface area contributed by atoms with E-state index in [1.807, 2.05) is 36.9 Å². The van der Waals surface area contributed by atoms with Gasteiger partial charge in [0.25, 0.3) is 0 Å². The van der Waals surface area contributed by atoms with Crippen molar-refractivity contribution in [2.45, 2.75) is 33.1 Å². The van der Waals surface area contributed by atoms with E-state index in [9.17, 15) is 9.59 Å². The van der Waals surface area contributed by atoms with Crippen molar-refractivity contribution in [2.24, 2.45) is 5.41 Å². The van der Waals surface area contributed by atoms with Gasteiger partial charge in [0.05, 0.1) is 5.41 Å². The number of piperidine rings is 1. The molecule has 1 aliphatic rings. The van der Waals surface area contributed by atoms with Crippen LogP contribution in [0, 0.1) is 5.41 Å². The van der Waals surface area contributed by atoms with Crippen molar-refractivity contribution in [3.8, 4) is 0 Å². The van der Waals surface area contributed by atoms with Gasteiger partial charge in [0, 0.05) is 41.5 Å². The molecule has 0 saturated carbocycles. The third-order valence-electron chi connectivity index (χ3n) is 5.21. The van der Waals surface area contributed by atoms with Crippen molar-refractivity contribution in [3.63, 3.8) is 0 Å². The molecule has 0 bridgehead atoms. The number of hydrogen-bond donors (Lipinski definition) is 1. The van der Waals surface area contributed by atoms with E-state index in [0.717, 1.165) is 25.9 Å². The van der Waals surface area contributed by atoms with Crippen molar-refractivity contribution in [2.75, 3.05) is 25.0 Å². The van der Waals surface area contributed by atoms with Crippen LogP contribution in [0.5, 0.6) is 0 Å². The Labute approximate surface area is 171 Å². The van der Waals surface area contributed by atoms with Crippen molar-refractivity contribution in [1.29, 1.82) is 0 Å². The average Bonchev–Trinajstić information content (AvgIpc) is 2.73. The summed E-state index contributed by atoms with van der Waals surface area (Å²) >= 11 is 6.15. The van der Waals surface area contributed by atoms with Gasteiger partial charge in [-0.05, 0) is 51.3 Å². The number of benzene rings is 2. The van der Waals surface area contributed by atoms with Gasteiger partial charge in [0.15, 0.2) is 5.78 Å². The van der Waals surface area contributed by atoms with Crippen LogP contribution in [0.3, 0.4) is 0 Å². The molecule has 0 unspecified atom stereocenters. The number of nitrogens with zero attached hydrogens (tertiary/aromatic N) is 1. The minimum absolute atomic E-state index is 0.0919. The van der Waals surface area contributed by atoms with E-state index in [2.05, 4.69) is 5.32 Å². The molecule has 1 saturated heterocycles. The topological polar surface area (TPSA) is 49.4 Å². The first-order valence-electron chi connectivity index (χ1n) is 9.81. The summed E-state index contributed by atoms with van der Waals surface area (Å²) in [5.41, 5.74) is 1.25. The highest BCUT2D eigenvalue weighted by Gasteiger charge is 2.32. The highest BCUT2D eigenvalue weighted by molar-refractivity contribution is 6.31. The highest BCUT2D eigenvalue weighted by Crippen LogP contribution is 2.27. The Morgan fingerprint density at radius 2 is 1.71 bits per heavy atom. The van der Waals surface area contributed by atoms with Gasteiger partial charge < -0.3 is 10.2 Å². The largest absolute Gasteiger partial charge is 0.383 e. The molecule has 4 nitrogen and oxygen atoms in total. The molecule has 1 heterocycles. The van der Waals surface area contributed by atoms with Crippen LogP contribution in [0.15, 0.2) is 48.5 Å². The third kappa shape index (κ3) is 4.74. The fourth-order valence-electron chi connectivity index (χ4n) is 3.52. The van der Waals surface area contributed by atoms with Gasteiger partial charge in [-0.3, -0.25) is 9.59 Å². The van der Waals surface area contributed by atoms with Crippen molar-refractivity contribution in [3.05, 3.63) is 64.7 Å². The van der Waals surface area contributed by atoms with E-state index >= 15 is 0 Å². The Morgan fingerprint density at radius 3 is 2.39 bits per heavy atom. The van der Waals surface area contributed by atoms with Crippen LogP contribution in [-0.4, -0.2) is 36.2 Å². The van der Waals surface area contributed by atoms with Crippen LogP contribution in [0.4, 0.5) is 5.69 Å². The molecule has 0 aromatic heterocycles. The number of rotatable bonds is 6. The van der Waals surface area contributed by atoms with Gasteiger partial charge in [-0.25, -0.2) is 0 Å². The van der Waals surface area contributed by atoms with Crippen molar-refractivity contribution >= 4 is 29.0 Å². The third-order valence-corrected chi connectivity index (χ3v) is 5.44. The first kappa shape index (κ1) is 20.4. The molecule has 0 aliphatic carbocycles. The molecule has 1 aliphatic heterocycles. The molecular formula is C23H27ClN2O2. The number of ketones is 1. The lowest BCUT2D eigenvalue weighted by atomic mass is 9.90. The summed E-state index contributed by atoms with van der Waals surface area (Å²) < 4.78 is 0. The molecule has 0 spiro atoms. The van der Waals surface area contributed by atoms with E-state index < -0.39 is 5.41 Å². The maximum Gasteiger partial charge on any atom is 0.230 e. The molecule has 1 fully saturated rings. The van der Waals surface area contributed by atoms with Gasteiger partial charge in [0.1, 0.15) is 0 Å². The molecule has 148 valence electrons. The first-order chi connectivity index (χ1) is 13.4. The number of hydrogen-bond acceptors (Lipinski definition) is 3. The number of anilines is 1. The van der Waals surface area contributed by atoms with Crippen LogP contribution in [0.25, 0.3) is 0 Å². The Kier molecular flexibility index (Phi) is 6.40. The fourth-order valence-corrected chi connectivity index (χ4v) is 3.69. The molecule has 28 heavy (non-hydrogen) atoms. The van der Waals surface area contributed by atoms with Gasteiger partial charge in [-0.2, -0.15) is 0 Å². The molecule has 0 radical (unpaired) electrons. The zero-order valence-electron chi connectivity index (χ0n) is 16.5. The summed E-state index contributed by atoms with van der Waals surface area (Å²) in [6.45, 7) is 6.01. The summed E-state index contributed by atoms with van der Waals surface area (Å²) in [5.74, 6) is 0.0652. The molecule has 5 heteroatoms. The Balaban J connectivity index is 1.77. The van der Waals surface area contributed by atoms with Gasteiger partial charge >= 0.3 is 0 Å². The van der Waals surface area contributed by atoms with E-state index in [-0.39, 0.29) is 11.7 Å².